The van der Waals surface area contributed by atoms with Gasteiger partial charge < -0.3 is 5.32 Å². The first-order valence-corrected chi connectivity index (χ1v) is 7.61. The van der Waals surface area contributed by atoms with E-state index < -0.39 is 0 Å². The summed E-state index contributed by atoms with van der Waals surface area (Å²) in [5.74, 6) is 0. The van der Waals surface area contributed by atoms with E-state index in [2.05, 4.69) is 42.6 Å². The van der Waals surface area contributed by atoms with E-state index in [9.17, 15) is 0 Å². The number of nitrogens with one attached hydrogen (secondary N) is 1. The Kier molecular flexibility index (Phi) is 5.32. The molecule has 0 bridgehead atoms. The lowest BCUT2D eigenvalue weighted by molar-refractivity contribution is 0.589. The zero-order chi connectivity index (χ0) is 13.7. The highest BCUT2D eigenvalue weighted by molar-refractivity contribution is 8.00. The fourth-order valence-electron chi connectivity index (χ4n) is 2.16. The summed E-state index contributed by atoms with van der Waals surface area (Å²) >= 11 is 7.87. The summed E-state index contributed by atoms with van der Waals surface area (Å²) in [7, 11) is 2.01. The van der Waals surface area contributed by atoms with Crippen LogP contribution in [0.3, 0.4) is 0 Å². The molecule has 0 radical (unpaired) electrons. The lowest BCUT2D eigenvalue weighted by atomic mass is 10.0. The Labute approximate surface area is 124 Å². The van der Waals surface area contributed by atoms with Crippen LogP contribution in [0, 0.1) is 0 Å². The number of halogens is 1. The molecule has 3 heteroatoms. The minimum absolute atomic E-state index is 0.324. The van der Waals surface area contributed by atoms with E-state index in [-0.39, 0.29) is 0 Å². The first kappa shape index (κ1) is 14.4. The zero-order valence-corrected chi connectivity index (χ0v) is 12.7. The average Bonchev–Trinajstić information content (AvgIpc) is 2.41. The van der Waals surface area contributed by atoms with E-state index in [0.717, 1.165) is 5.02 Å². The molecule has 0 saturated heterocycles. The van der Waals surface area contributed by atoms with Crippen LogP contribution in [-0.4, -0.2) is 12.3 Å². The molecule has 0 saturated carbocycles. The lowest BCUT2D eigenvalue weighted by Crippen LogP contribution is -2.25. The normalized spacial score (nSPS) is 14.1. The minimum atomic E-state index is 0.324. The van der Waals surface area contributed by atoms with E-state index in [1.165, 1.54) is 10.5 Å². The summed E-state index contributed by atoms with van der Waals surface area (Å²) < 4.78 is 0. The van der Waals surface area contributed by atoms with Crippen molar-refractivity contribution in [3.63, 3.8) is 0 Å². The SMILES string of the molecule is CNC(c1ccccc1)C(C)Sc1cccc(Cl)c1. The monoisotopic (exact) mass is 291 g/mol. The van der Waals surface area contributed by atoms with Crippen molar-refractivity contribution in [3.8, 4) is 0 Å². The van der Waals surface area contributed by atoms with Gasteiger partial charge in [-0.15, -0.1) is 11.8 Å². The predicted molar refractivity (Wildman–Crippen MR) is 85.0 cm³/mol. The molecule has 100 valence electrons. The molecule has 0 aliphatic carbocycles. The molecule has 0 aromatic heterocycles. The van der Waals surface area contributed by atoms with Gasteiger partial charge in [0.1, 0.15) is 0 Å². The van der Waals surface area contributed by atoms with E-state index in [1.54, 1.807) is 0 Å². The Hall–Kier alpha value is -0.960. The average molecular weight is 292 g/mol. The van der Waals surface area contributed by atoms with E-state index in [0.29, 0.717) is 11.3 Å². The van der Waals surface area contributed by atoms with Gasteiger partial charge in [0.25, 0.3) is 0 Å². The summed E-state index contributed by atoms with van der Waals surface area (Å²) in [6.45, 7) is 2.24. The van der Waals surface area contributed by atoms with Gasteiger partial charge in [0.15, 0.2) is 0 Å². The molecule has 2 aromatic carbocycles. The maximum Gasteiger partial charge on any atom is 0.0438 e. The first-order chi connectivity index (χ1) is 9.20. The Bertz CT molecular complexity index is 515. The van der Waals surface area contributed by atoms with Gasteiger partial charge in [0.05, 0.1) is 0 Å². The van der Waals surface area contributed by atoms with Crippen LogP contribution in [0.25, 0.3) is 0 Å². The number of rotatable bonds is 5. The Balaban J connectivity index is 2.11. The third-order valence-corrected chi connectivity index (χ3v) is 4.46. The van der Waals surface area contributed by atoms with Crippen LogP contribution in [0.5, 0.6) is 0 Å². The zero-order valence-electron chi connectivity index (χ0n) is 11.1. The van der Waals surface area contributed by atoms with Crippen molar-refractivity contribution in [1.82, 2.24) is 5.32 Å². The van der Waals surface area contributed by atoms with Crippen molar-refractivity contribution in [1.29, 1.82) is 0 Å². The molecule has 2 atom stereocenters. The third kappa shape index (κ3) is 4.00. The highest BCUT2D eigenvalue weighted by Crippen LogP contribution is 2.32. The second-order valence-electron chi connectivity index (χ2n) is 4.46. The van der Waals surface area contributed by atoms with Crippen LogP contribution in [-0.2, 0) is 0 Å². The molecule has 2 rings (SSSR count). The number of thioether (sulfide) groups is 1. The molecule has 0 aliphatic rings. The summed E-state index contributed by atoms with van der Waals surface area (Å²) in [5.41, 5.74) is 1.31. The maximum absolute atomic E-state index is 6.03. The standard InChI is InChI=1S/C16H18ClNS/c1-12(19-15-10-6-9-14(17)11-15)16(18-2)13-7-4-3-5-8-13/h3-12,16,18H,1-2H3. The molecule has 0 fully saturated rings. The molecular formula is C16H18ClNS. The van der Waals surface area contributed by atoms with Gasteiger partial charge in [-0.3, -0.25) is 0 Å². The quantitative estimate of drug-likeness (QED) is 0.796. The molecule has 2 aromatic rings. The maximum atomic E-state index is 6.03. The second kappa shape index (κ2) is 6.99. The van der Waals surface area contributed by atoms with Crippen molar-refractivity contribution in [3.05, 3.63) is 65.2 Å². The molecule has 0 spiro atoms. The fraction of sp³-hybridized carbons (Fsp3) is 0.250. The molecule has 0 heterocycles. The van der Waals surface area contributed by atoms with Gasteiger partial charge in [-0.05, 0) is 30.8 Å². The van der Waals surface area contributed by atoms with Crippen LogP contribution in [0.2, 0.25) is 5.02 Å². The van der Waals surface area contributed by atoms with E-state index in [1.807, 2.05) is 43.1 Å². The van der Waals surface area contributed by atoms with Crippen molar-refractivity contribution in [2.75, 3.05) is 7.05 Å². The fourth-order valence-corrected chi connectivity index (χ4v) is 3.62. The van der Waals surface area contributed by atoms with E-state index >= 15 is 0 Å². The van der Waals surface area contributed by atoms with Crippen LogP contribution in [0.1, 0.15) is 18.5 Å². The largest absolute Gasteiger partial charge is 0.312 e. The van der Waals surface area contributed by atoms with Gasteiger partial charge in [-0.2, -0.15) is 0 Å². The second-order valence-corrected chi connectivity index (χ2v) is 6.34. The number of benzene rings is 2. The number of hydrogen-bond acceptors (Lipinski definition) is 2. The van der Waals surface area contributed by atoms with Gasteiger partial charge in [0, 0.05) is 21.2 Å². The van der Waals surface area contributed by atoms with Crippen molar-refractivity contribution >= 4 is 23.4 Å². The lowest BCUT2D eigenvalue weighted by Gasteiger charge is -2.23. The Morgan fingerprint density at radius 1 is 1.05 bits per heavy atom. The van der Waals surface area contributed by atoms with Gasteiger partial charge in [-0.1, -0.05) is 54.9 Å². The molecule has 0 aliphatic heterocycles. The topological polar surface area (TPSA) is 12.0 Å². The van der Waals surface area contributed by atoms with Crippen LogP contribution < -0.4 is 5.32 Å². The molecular weight excluding hydrogens is 274 g/mol. The third-order valence-electron chi connectivity index (χ3n) is 3.06. The molecule has 1 N–H and O–H groups in total. The van der Waals surface area contributed by atoms with Crippen LogP contribution >= 0.6 is 23.4 Å². The highest BCUT2D eigenvalue weighted by Gasteiger charge is 2.18. The van der Waals surface area contributed by atoms with Crippen LogP contribution in [0.15, 0.2) is 59.5 Å². The smallest absolute Gasteiger partial charge is 0.0438 e. The molecule has 1 nitrogen and oxygen atoms in total. The molecule has 2 unspecified atom stereocenters. The Morgan fingerprint density at radius 3 is 2.42 bits per heavy atom. The summed E-state index contributed by atoms with van der Waals surface area (Å²) in [4.78, 5) is 1.20. The number of hydrogen-bond donors (Lipinski definition) is 1. The van der Waals surface area contributed by atoms with E-state index in [4.69, 9.17) is 11.6 Å². The van der Waals surface area contributed by atoms with Gasteiger partial charge in [0.2, 0.25) is 0 Å². The van der Waals surface area contributed by atoms with Crippen molar-refractivity contribution < 1.29 is 0 Å². The predicted octanol–water partition coefficient (Wildman–Crippen LogP) is 4.78. The Morgan fingerprint density at radius 2 is 1.79 bits per heavy atom. The van der Waals surface area contributed by atoms with Gasteiger partial charge in [-0.25, -0.2) is 0 Å². The summed E-state index contributed by atoms with van der Waals surface area (Å²) in [6.07, 6.45) is 0. The summed E-state index contributed by atoms with van der Waals surface area (Å²) in [5, 5.41) is 4.61. The minimum Gasteiger partial charge on any atom is -0.312 e. The first-order valence-electron chi connectivity index (χ1n) is 6.35. The van der Waals surface area contributed by atoms with Crippen molar-refractivity contribution in [2.24, 2.45) is 0 Å². The summed E-state index contributed by atoms with van der Waals surface area (Å²) in [6, 6.07) is 18.9. The molecule has 19 heavy (non-hydrogen) atoms. The van der Waals surface area contributed by atoms with Gasteiger partial charge >= 0.3 is 0 Å². The van der Waals surface area contributed by atoms with Crippen LogP contribution in [0.4, 0.5) is 0 Å². The highest BCUT2D eigenvalue weighted by atomic mass is 35.5. The van der Waals surface area contributed by atoms with Crippen molar-refractivity contribution in [2.45, 2.75) is 23.1 Å². The molecule has 0 amide bonds.